The van der Waals surface area contributed by atoms with Crippen LogP contribution >= 0.6 is 0 Å². The highest BCUT2D eigenvalue weighted by Crippen LogP contribution is 2.26. The summed E-state index contributed by atoms with van der Waals surface area (Å²) in [5, 5.41) is 6.05. The first-order valence-electron chi connectivity index (χ1n) is 10.1. The highest BCUT2D eigenvalue weighted by molar-refractivity contribution is 5.78. The summed E-state index contributed by atoms with van der Waals surface area (Å²) in [6, 6.07) is 18.4. The third-order valence-electron chi connectivity index (χ3n) is 5.18. The standard InChI is InChI=1S/C24H22N4O3/c1-2-18(16-9-4-3-5-10-16)26-20-21(23(30)22(20)29)27-19-12-8-14-28(24(19)31)15-17-11-6-7-13-25-17/h3-14,18,26-27H,2,15H2,1H3. The highest BCUT2D eigenvalue weighted by Gasteiger charge is 2.24. The molecule has 2 N–H and O–H groups in total. The topological polar surface area (TPSA) is 93.1 Å². The van der Waals surface area contributed by atoms with Gasteiger partial charge in [0.05, 0.1) is 18.3 Å². The second-order valence-electron chi connectivity index (χ2n) is 7.23. The van der Waals surface area contributed by atoms with Crippen LogP contribution in [0, 0.1) is 0 Å². The predicted octanol–water partition coefficient (Wildman–Crippen LogP) is 3.19. The maximum Gasteiger partial charge on any atom is 0.274 e. The second-order valence-corrected chi connectivity index (χ2v) is 7.23. The van der Waals surface area contributed by atoms with E-state index in [1.165, 1.54) is 4.57 Å². The maximum absolute atomic E-state index is 12.9. The van der Waals surface area contributed by atoms with E-state index in [4.69, 9.17) is 0 Å². The van der Waals surface area contributed by atoms with Gasteiger partial charge >= 0.3 is 0 Å². The molecule has 0 aliphatic carbocycles. The Morgan fingerprint density at radius 1 is 0.903 bits per heavy atom. The van der Waals surface area contributed by atoms with Crippen LogP contribution in [-0.2, 0) is 6.54 Å². The molecule has 31 heavy (non-hydrogen) atoms. The number of benzene rings is 1. The molecule has 0 aliphatic heterocycles. The molecule has 7 nitrogen and oxygen atoms in total. The number of anilines is 3. The zero-order valence-corrected chi connectivity index (χ0v) is 17.0. The van der Waals surface area contributed by atoms with Crippen LogP contribution in [0.4, 0.5) is 17.1 Å². The van der Waals surface area contributed by atoms with Gasteiger partial charge in [-0.3, -0.25) is 19.4 Å². The Hall–Kier alpha value is -4.00. The molecule has 1 unspecified atom stereocenters. The van der Waals surface area contributed by atoms with E-state index in [2.05, 4.69) is 15.6 Å². The molecule has 0 fully saturated rings. The molecule has 7 heteroatoms. The Balaban J connectivity index is 1.59. The third-order valence-corrected chi connectivity index (χ3v) is 5.18. The average Bonchev–Trinajstić information content (AvgIpc) is 2.82. The molecular weight excluding hydrogens is 392 g/mol. The van der Waals surface area contributed by atoms with Gasteiger partial charge in [0.25, 0.3) is 16.4 Å². The molecule has 0 saturated heterocycles. The van der Waals surface area contributed by atoms with Crippen molar-refractivity contribution in [1.82, 2.24) is 9.55 Å². The Morgan fingerprint density at radius 2 is 1.65 bits per heavy atom. The molecule has 0 bridgehead atoms. The highest BCUT2D eigenvalue weighted by atomic mass is 16.2. The Bertz CT molecular complexity index is 1310. The SMILES string of the molecule is CCC(Nc1c(Nc2cccn(Cc3ccccn3)c2=O)c(=O)c1=O)c1ccccc1. The number of hydrogen-bond donors (Lipinski definition) is 2. The van der Waals surface area contributed by atoms with Gasteiger partial charge in [-0.25, -0.2) is 0 Å². The van der Waals surface area contributed by atoms with E-state index in [-0.39, 0.29) is 28.7 Å². The Kier molecular flexibility index (Phi) is 5.75. The fourth-order valence-corrected chi connectivity index (χ4v) is 3.49. The van der Waals surface area contributed by atoms with Crippen LogP contribution in [-0.4, -0.2) is 9.55 Å². The average molecular weight is 414 g/mol. The van der Waals surface area contributed by atoms with Gasteiger partial charge in [0.15, 0.2) is 0 Å². The van der Waals surface area contributed by atoms with Crippen LogP contribution in [0.15, 0.2) is 87.4 Å². The van der Waals surface area contributed by atoms with Gasteiger partial charge < -0.3 is 15.2 Å². The largest absolute Gasteiger partial charge is 0.373 e. The van der Waals surface area contributed by atoms with Gasteiger partial charge in [0, 0.05) is 12.4 Å². The molecule has 0 spiro atoms. The summed E-state index contributed by atoms with van der Waals surface area (Å²) in [5.41, 5.74) is 0.788. The van der Waals surface area contributed by atoms with E-state index in [1.807, 2.05) is 55.5 Å². The minimum Gasteiger partial charge on any atom is -0.373 e. The van der Waals surface area contributed by atoms with Crippen LogP contribution in [0.5, 0.6) is 0 Å². The molecule has 0 radical (unpaired) electrons. The first kappa shape index (κ1) is 20.3. The molecular formula is C24H22N4O3. The maximum atomic E-state index is 12.9. The first-order chi connectivity index (χ1) is 15.1. The zero-order chi connectivity index (χ0) is 21.8. The van der Waals surface area contributed by atoms with Crippen molar-refractivity contribution < 1.29 is 0 Å². The van der Waals surface area contributed by atoms with Gasteiger partial charge in [0.2, 0.25) is 0 Å². The number of hydrogen-bond acceptors (Lipinski definition) is 6. The molecule has 2 aromatic carbocycles. The quantitative estimate of drug-likeness (QED) is 0.430. The van der Waals surface area contributed by atoms with E-state index >= 15 is 0 Å². The molecule has 4 rings (SSSR count). The van der Waals surface area contributed by atoms with Crippen LogP contribution in [0.1, 0.15) is 30.6 Å². The van der Waals surface area contributed by atoms with E-state index in [1.54, 1.807) is 24.5 Å². The molecule has 1 atom stereocenters. The van der Waals surface area contributed by atoms with Crippen LogP contribution < -0.4 is 27.1 Å². The second kappa shape index (κ2) is 8.79. The molecule has 2 aromatic heterocycles. The summed E-state index contributed by atoms with van der Waals surface area (Å²) in [6.45, 7) is 2.30. The molecule has 4 aromatic rings. The minimum absolute atomic E-state index is 0.118. The van der Waals surface area contributed by atoms with Gasteiger partial charge in [-0.05, 0) is 36.2 Å². The fourth-order valence-electron chi connectivity index (χ4n) is 3.49. The van der Waals surface area contributed by atoms with E-state index < -0.39 is 10.9 Å². The Labute approximate surface area is 178 Å². The summed E-state index contributed by atoms with van der Waals surface area (Å²) in [6.07, 6.45) is 4.05. The van der Waals surface area contributed by atoms with Gasteiger partial charge in [-0.1, -0.05) is 43.3 Å². The summed E-state index contributed by atoms with van der Waals surface area (Å²) in [7, 11) is 0. The predicted molar refractivity (Wildman–Crippen MR) is 122 cm³/mol. The van der Waals surface area contributed by atoms with Crippen molar-refractivity contribution in [3.8, 4) is 0 Å². The summed E-state index contributed by atoms with van der Waals surface area (Å²) < 4.78 is 1.50. The summed E-state index contributed by atoms with van der Waals surface area (Å²) in [4.78, 5) is 41.6. The normalized spacial score (nSPS) is 11.9. The third kappa shape index (κ3) is 4.16. The van der Waals surface area contributed by atoms with Crippen LogP contribution in [0.25, 0.3) is 0 Å². The number of pyridine rings is 2. The van der Waals surface area contributed by atoms with Crippen molar-refractivity contribution in [1.29, 1.82) is 0 Å². The Morgan fingerprint density at radius 3 is 2.35 bits per heavy atom. The van der Waals surface area contributed by atoms with Crippen molar-refractivity contribution in [3.63, 3.8) is 0 Å². The molecule has 0 aliphatic rings. The minimum atomic E-state index is -0.634. The molecule has 0 amide bonds. The van der Waals surface area contributed by atoms with Crippen LogP contribution in [0.3, 0.4) is 0 Å². The van der Waals surface area contributed by atoms with E-state index in [0.29, 0.717) is 6.54 Å². The van der Waals surface area contributed by atoms with Crippen molar-refractivity contribution in [3.05, 3.63) is 115 Å². The number of rotatable bonds is 8. The van der Waals surface area contributed by atoms with E-state index in [0.717, 1.165) is 17.7 Å². The molecule has 156 valence electrons. The lowest BCUT2D eigenvalue weighted by molar-refractivity contribution is 0.741. The van der Waals surface area contributed by atoms with E-state index in [9.17, 15) is 14.4 Å². The summed E-state index contributed by atoms with van der Waals surface area (Å²) >= 11 is 0. The summed E-state index contributed by atoms with van der Waals surface area (Å²) in [5.74, 6) is 0. The van der Waals surface area contributed by atoms with Crippen molar-refractivity contribution in [2.45, 2.75) is 25.9 Å². The molecule has 2 heterocycles. The smallest absolute Gasteiger partial charge is 0.274 e. The van der Waals surface area contributed by atoms with Gasteiger partial charge in [-0.15, -0.1) is 0 Å². The molecule has 0 saturated carbocycles. The number of nitrogens with one attached hydrogen (secondary N) is 2. The zero-order valence-electron chi connectivity index (χ0n) is 17.0. The monoisotopic (exact) mass is 414 g/mol. The lowest BCUT2D eigenvalue weighted by Crippen LogP contribution is -2.38. The lowest BCUT2D eigenvalue weighted by Gasteiger charge is -2.22. The van der Waals surface area contributed by atoms with Gasteiger partial charge in [0.1, 0.15) is 17.1 Å². The fraction of sp³-hybridized carbons (Fsp3) is 0.167. The number of nitrogens with zero attached hydrogens (tertiary/aromatic N) is 2. The van der Waals surface area contributed by atoms with Crippen molar-refractivity contribution >= 4 is 17.1 Å². The van der Waals surface area contributed by atoms with Crippen molar-refractivity contribution in [2.24, 2.45) is 0 Å². The van der Waals surface area contributed by atoms with Gasteiger partial charge in [-0.2, -0.15) is 0 Å². The van der Waals surface area contributed by atoms with Crippen molar-refractivity contribution in [2.75, 3.05) is 10.6 Å². The lowest BCUT2D eigenvalue weighted by atomic mass is 10.0. The first-order valence-corrected chi connectivity index (χ1v) is 10.1. The number of aromatic nitrogens is 2. The van der Waals surface area contributed by atoms with Crippen LogP contribution in [0.2, 0.25) is 0 Å².